The molecule has 3 heteroatoms. The molecule has 1 N–H and O–H groups in total. The molecule has 1 aromatic rings. The molecule has 88 valence electrons. The van der Waals surface area contributed by atoms with Gasteiger partial charge in [-0.1, -0.05) is 0 Å². The second kappa shape index (κ2) is 5.58. The monoisotopic (exact) mass is 236 g/mol. The molecule has 1 saturated carbocycles. The Morgan fingerprint density at radius 1 is 1.31 bits per heavy atom. The summed E-state index contributed by atoms with van der Waals surface area (Å²) in [5, 5.41) is 4.53. The highest BCUT2D eigenvalue weighted by atomic mass is 32.2. The van der Waals surface area contributed by atoms with Gasteiger partial charge in [0.25, 0.3) is 0 Å². The lowest BCUT2D eigenvalue weighted by Crippen LogP contribution is -2.27. The van der Waals surface area contributed by atoms with E-state index in [-0.39, 0.29) is 0 Å². The lowest BCUT2D eigenvalue weighted by molar-refractivity contribution is 0.473. The Labute approximate surface area is 102 Å². The van der Waals surface area contributed by atoms with Crippen LogP contribution in [0.2, 0.25) is 0 Å². The van der Waals surface area contributed by atoms with Crippen molar-refractivity contribution in [2.75, 3.05) is 11.6 Å². The van der Waals surface area contributed by atoms with Gasteiger partial charge in [-0.25, -0.2) is 0 Å². The van der Waals surface area contributed by atoms with Crippen LogP contribution in [0.3, 0.4) is 0 Å². The topological polar surface area (TPSA) is 24.9 Å². The molecule has 0 amide bonds. The largest absolute Gasteiger partial charge is 0.382 e. The van der Waals surface area contributed by atoms with Gasteiger partial charge in [0.1, 0.15) is 0 Å². The van der Waals surface area contributed by atoms with Crippen LogP contribution in [0.4, 0.5) is 5.69 Å². The Hall–Kier alpha value is -0.700. The Kier molecular flexibility index (Phi) is 4.10. The van der Waals surface area contributed by atoms with Crippen molar-refractivity contribution in [1.29, 1.82) is 0 Å². The SMILES string of the molecule is CSC1CCC(Nc2ccncc2C)CC1. The summed E-state index contributed by atoms with van der Waals surface area (Å²) in [5.41, 5.74) is 2.50. The quantitative estimate of drug-likeness (QED) is 0.869. The number of pyridine rings is 1. The van der Waals surface area contributed by atoms with Gasteiger partial charge in [0.15, 0.2) is 0 Å². The van der Waals surface area contributed by atoms with Crippen molar-refractivity contribution in [3.63, 3.8) is 0 Å². The van der Waals surface area contributed by atoms with Gasteiger partial charge in [0, 0.05) is 29.4 Å². The number of nitrogens with zero attached hydrogens (tertiary/aromatic N) is 1. The van der Waals surface area contributed by atoms with Crippen molar-refractivity contribution in [3.05, 3.63) is 24.0 Å². The molecule has 0 radical (unpaired) electrons. The van der Waals surface area contributed by atoms with E-state index in [0.29, 0.717) is 6.04 Å². The highest BCUT2D eigenvalue weighted by Gasteiger charge is 2.20. The molecular formula is C13H20N2S. The number of anilines is 1. The predicted molar refractivity (Wildman–Crippen MR) is 72.2 cm³/mol. The maximum Gasteiger partial charge on any atom is 0.0402 e. The number of hydrogen-bond acceptors (Lipinski definition) is 3. The number of thioether (sulfide) groups is 1. The van der Waals surface area contributed by atoms with Gasteiger partial charge in [-0.05, 0) is 50.5 Å². The average Bonchev–Trinajstić information content (AvgIpc) is 2.33. The van der Waals surface area contributed by atoms with Gasteiger partial charge in [0.05, 0.1) is 0 Å². The Bertz CT molecular complexity index is 332. The maximum atomic E-state index is 4.12. The van der Waals surface area contributed by atoms with Crippen LogP contribution in [0.25, 0.3) is 0 Å². The number of aromatic nitrogens is 1. The van der Waals surface area contributed by atoms with Crippen molar-refractivity contribution in [2.24, 2.45) is 0 Å². The molecule has 1 aromatic heterocycles. The van der Waals surface area contributed by atoms with Gasteiger partial charge >= 0.3 is 0 Å². The molecule has 0 saturated heterocycles. The Morgan fingerprint density at radius 3 is 2.69 bits per heavy atom. The number of hydrogen-bond donors (Lipinski definition) is 1. The number of aryl methyl sites for hydroxylation is 1. The Balaban J connectivity index is 1.89. The lowest BCUT2D eigenvalue weighted by Gasteiger charge is -2.29. The van der Waals surface area contributed by atoms with E-state index in [1.807, 2.05) is 24.2 Å². The average molecular weight is 236 g/mol. The minimum atomic E-state index is 0.657. The minimum absolute atomic E-state index is 0.657. The molecule has 16 heavy (non-hydrogen) atoms. The maximum absolute atomic E-state index is 4.12. The molecule has 0 unspecified atom stereocenters. The second-order valence-corrected chi connectivity index (χ2v) is 5.68. The summed E-state index contributed by atoms with van der Waals surface area (Å²) in [6.07, 6.45) is 11.3. The second-order valence-electron chi connectivity index (χ2n) is 4.54. The van der Waals surface area contributed by atoms with Crippen LogP contribution < -0.4 is 5.32 Å². The summed E-state index contributed by atoms with van der Waals surface area (Å²) in [7, 11) is 0. The summed E-state index contributed by atoms with van der Waals surface area (Å²) >= 11 is 2.02. The first kappa shape index (κ1) is 11.8. The smallest absolute Gasteiger partial charge is 0.0402 e. The third kappa shape index (κ3) is 2.91. The summed E-state index contributed by atoms with van der Waals surface area (Å²) in [5.74, 6) is 0. The molecular weight excluding hydrogens is 216 g/mol. The highest BCUT2D eigenvalue weighted by molar-refractivity contribution is 7.99. The third-order valence-electron chi connectivity index (χ3n) is 3.39. The van der Waals surface area contributed by atoms with E-state index < -0.39 is 0 Å². The summed E-state index contributed by atoms with van der Waals surface area (Å²) < 4.78 is 0. The predicted octanol–water partition coefficient (Wildman–Crippen LogP) is 3.48. The fraction of sp³-hybridized carbons (Fsp3) is 0.615. The van der Waals surface area contributed by atoms with E-state index in [1.165, 1.54) is 36.9 Å². The molecule has 0 aliphatic heterocycles. The molecule has 2 nitrogen and oxygen atoms in total. The zero-order valence-electron chi connectivity index (χ0n) is 10.1. The molecule has 1 aliphatic carbocycles. The van der Waals surface area contributed by atoms with Crippen LogP contribution in [0.15, 0.2) is 18.5 Å². The fourth-order valence-corrected chi connectivity index (χ4v) is 3.04. The van der Waals surface area contributed by atoms with Crippen LogP contribution in [-0.4, -0.2) is 22.5 Å². The van der Waals surface area contributed by atoms with Crippen LogP contribution in [0, 0.1) is 6.92 Å². The third-order valence-corrected chi connectivity index (χ3v) is 4.53. The highest BCUT2D eigenvalue weighted by Crippen LogP contribution is 2.29. The summed E-state index contributed by atoms with van der Waals surface area (Å²) in [6.45, 7) is 2.11. The van der Waals surface area contributed by atoms with Crippen molar-refractivity contribution in [3.8, 4) is 0 Å². The fourth-order valence-electron chi connectivity index (χ4n) is 2.30. The van der Waals surface area contributed by atoms with Crippen molar-refractivity contribution >= 4 is 17.4 Å². The molecule has 2 rings (SSSR count). The first-order chi connectivity index (χ1) is 7.79. The molecule has 0 atom stereocenters. The van der Waals surface area contributed by atoms with Gasteiger partial charge < -0.3 is 5.32 Å². The van der Waals surface area contributed by atoms with Crippen molar-refractivity contribution in [2.45, 2.75) is 43.9 Å². The molecule has 1 heterocycles. The van der Waals surface area contributed by atoms with Crippen molar-refractivity contribution in [1.82, 2.24) is 4.98 Å². The standard InChI is InChI=1S/C13H20N2S/c1-10-9-14-8-7-13(10)15-11-3-5-12(16-2)6-4-11/h7-9,11-12H,3-6H2,1-2H3,(H,14,15). The number of rotatable bonds is 3. The van der Waals surface area contributed by atoms with Crippen LogP contribution in [0.5, 0.6) is 0 Å². The van der Waals surface area contributed by atoms with Gasteiger partial charge in [-0.2, -0.15) is 11.8 Å². The minimum Gasteiger partial charge on any atom is -0.382 e. The molecule has 0 spiro atoms. The number of nitrogens with one attached hydrogen (secondary N) is 1. The normalized spacial score (nSPS) is 25.4. The van der Waals surface area contributed by atoms with Gasteiger partial charge in [-0.15, -0.1) is 0 Å². The summed E-state index contributed by atoms with van der Waals surface area (Å²) in [6, 6.07) is 2.74. The molecule has 0 aromatic carbocycles. The zero-order chi connectivity index (χ0) is 11.4. The van der Waals surface area contributed by atoms with E-state index in [0.717, 1.165) is 5.25 Å². The lowest BCUT2D eigenvalue weighted by atomic mass is 9.94. The molecule has 1 aliphatic rings. The van der Waals surface area contributed by atoms with Crippen molar-refractivity contribution < 1.29 is 0 Å². The van der Waals surface area contributed by atoms with Crippen LogP contribution in [-0.2, 0) is 0 Å². The first-order valence-corrected chi connectivity index (χ1v) is 7.28. The van der Waals surface area contributed by atoms with E-state index in [2.05, 4.69) is 29.5 Å². The van der Waals surface area contributed by atoms with E-state index in [9.17, 15) is 0 Å². The van der Waals surface area contributed by atoms with Crippen LogP contribution >= 0.6 is 11.8 Å². The van der Waals surface area contributed by atoms with Gasteiger partial charge in [-0.3, -0.25) is 4.98 Å². The summed E-state index contributed by atoms with van der Waals surface area (Å²) in [4.78, 5) is 4.12. The Morgan fingerprint density at radius 2 is 2.06 bits per heavy atom. The van der Waals surface area contributed by atoms with E-state index in [4.69, 9.17) is 0 Å². The first-order valence-electron chi connectivity index (χ1n) is 5.99. The van der Waals surface area contributed by atoms with E-state index in [1.54, 1.807) is 0 Å². The van der Waals surface area contributed by atoms with Crippen LogP contribution in [0.1, 0.15) is 31.2 Å². The van der Waals surface area contributed by atoms with Gasteiger partial charge in [0.2, 0.25) is 0 Å². The van der Waals surface area contributed by atoms with E-state index >= 15 is 0 Å². The molecule has 1 fully saturated rings. The molecule has 0 bridgehead atoms. The zero-order valence-corrected chi connectivity index (χ0v) is 10.9.